The molecule has 0 bridgehead atoms. The quantitative estimate of drug-likeness (QED) is 0.669. The zero-order chi connectivity index (χ0) is 13.8. The maximum absolute atomic E-state index is 11.0. The van der Waals surface area contributed by atoms with Crippen LogP contribution < -0.4 is 5.32 Å². The molecule has 19 heavy (non-hydrogen) atoms. The first-order chi connectivity index (χ1) is 9.10. The van der Waals surface area contributed by atoms with Gasteiger partial charge in [0.15, 0.2) is 9.37 Å². The molecule has 9 heteroatoms. The number of aryl methyl sites for hydroxylation is 1. The normalized spacial score (nSPS) is 10.4. The fourth-order valence-corrected chi connectivity index (χ4v) is 3.15. The Kier molecular flexibility index (Phi) is 4.27. The summed E-state index contributed by atoms with van der Waals surface area (Å²) in [6.07, 6.45) is 0. The van der Waals surface area contributed by atoms with Gasteiger partial charge in [0.1, 0.15) is 10.8 Å². The van der Waals surface area contributed by atoms with Crippen molar-refractivity contribution >= 4 is 34.6 Å². The Morgan fingerprint density at radius 2 is 2.26 bits per heavy atom. The molecule has 0 aliphatic carbocycles. The Balaban J connectivity index is 2.34. The van der Waals surface area contributed by atoms with Gasteiger partial charge in [-0.1, -0.05) is 11.3 Å². The van der Waals surface area contributed by atoms with E-state index in [1.165, 1.54) is 17.4 Å². The first kappa shape index (κ1) is 13.7. The summed E-state index contributed by atoms with van der Waals surface area (Å²) >= 11 is 2.54. The molecule has 2 aromatic heterocycles. The maximum atomic E-state index is 11.0. The van der Waals surface area contributed by atoms with Gasteiger partial charge in [0.2, 0.25) is 0 Å². The number of nitro groups is 1. The molecule has 0 saturated carbocycles. The third-order valence-corrected chi connectivity index (χ3v) is 3.97. The number of pyridine rings is 1. The summed E-state index contributed by atoms with van der Waals surface area (Å²) in [6, 6.07) is 3.04. The number of anilines is 1. The highest BCUT2D eigenvalue weighted by molar-refractivity contribution is 8.01. The Bertz CT molecular complexity index is 601. The molecule has 0 atom stereocenters. The molecule has 0 radical (unpaired) electrons. The van der Waals surface area contributed by atoms with E-state index < -0.39 is 4.92 Å². The molecule has 1 N–H and O–H groups in total. The molecule has 7 nitrogen and oxygen atoms in total. The monoisotopic (exact) mass is 297 g/mol. The molecule has 0 aliphatic heterocycles. The highest BCUT2D eigenvalue weighted by atomic mass is 32.2. The van der Waals surface area contributed by atoms with Crippen LogP contribution in [0.15, 0.2) is 21.5 Å². The van der Waals surface area contributed by atoms with Gasteiger partial charge in [-0.3, -0.25) is 10.1 Å². The third-order valence-electron chi connectivity index (χ3n) is 2.09. The fraction of sp³-hybridized carbons (Fsp3) is 0.300. The Morgan fingerprint density at radius 3 is 2.84 bits per heavy atom. The highest BCUT2D eigenvalue weighted by Gasteiger charge is 2.18. The van der Waals surface area contributed by atoms with Gasteiger partial charge in [0.25, 0.3) is 0 Å². The zero-order valence-corrected chi connectivity index (χ0v) is 11.9. The largest absolute Gasteiger partial charge is 0.370 e. The number of nitrogens with zero attached hydrogens (tertiary/aromatic N) is 4. The lowest BCUT2D eigenvalue weighted by atomic mass is 10.4. The van der Waals surface area contributed by atoms with Gasteiger partial charge >= 0.3 is 5.69 Å². The van der Waals surface area contributed by atoms with E-state index in [0.29, 0.717) is 21.7 Å². The molecule has 0 fully saturated rings. The van der Waals surface area contributed by atoms with Crippen molar-refractivity contribution in [2.45, 2.75) is 23.2 Å². The van der Waals surface area contributed by atoms with Gasteiger partial charge in [0.05, 0.1) is 4.92 Å². The van der Waals surface area contributed by atoms with Gasteiger partial charge in [0, 0.05) is 12.6 Å². The number of hydrogen-bond acceptors (Lipinski definition) is 8. The molecule has 100 valence electrons. The summed E-state index contributed by atoms with van der Waals surface area (Å²) in [7, 11) is 0. The molecular formula is C10H11N5O2S2. The van der Waals surface area contributed by atoms with Crippen molar-refractivity contribution in [2.24, 2.45) is 0 Å². The lowest BCUT2D eigenvalue weighted by molar-refractivity contribution is -0.388. The van der Waals surface area contributed by atoms with E-state index in [0.717, 1.165) is 16.8 Å². The lowest BCUT2D eigenvalue weighted by Gasteiger charge is -2.04. The second-order valence-corrected chi connectivity index (χ2v) is 5.91. The van der Waals surface area contributed by atoms with E-state index in [1.807, 2.05) is 13.8 Å². The Morgan fingerprint density at radius 1 is 1.47 bits per heavy atom. The van der Waals surface area contributed by atoms with Gasteiger partial charge in [-0.05, 0) is 31.7 Å². The van der Waals surface area contributed by atoms with Crippen molar-refractivity contribution in [1.29, 1.82) is 0 Å². The van der Waals surface area contributed by atoms with E-state index in [-0.39, 0.29) is 5.69 Å². The highest BCUT2D eigenvalue weighted by Crippen LogP contribution is 2.35. The maximum Gasteiger partial charge on any atom is 0.301 e. The average Bonchev–Trinajstić information content (AvgIpc) is 2.75. The summed E-state index contributed by atoms with van der Waals surface area (Å²) in [6.45, 7) is 4.47. The first-order valence-corrected chi connectivity index (χ1v) is 7.10. The van der Waals surface area contributed by atoms with E-state index >= 15 is 0 Å². The minimum Gasteiger partial charge on any atom is -0.370 e. The SMILES string of the molecule is CCNc1ccc([N+](=O)[O-])c(Sc2nnc(C)s2)n1. The molecule has 2 aromatic rings. The molecule has 0 amide bonds. The Hall–Kier alpha value is -1.74. The van der Waals surface area contributed by atoms with Gasteiger partial charge < -0.3 is 5.32 Å². The topological polar surface area (TPSA) is 93.8 Å². The third kappa shape index (κ3) is 3.38. The lowest BCUT2D eigenvalue weighted by Crippen LogP contribution is -2.01. The van der Waals surface area contributed by atoms with Crippen molar-refractivity contribution in [3.8, 4) is 0 Å². The number of rotatable bonds is 5. The van der Waals surface area contributed by atoms with Crippen LogP contribution >= 0.6 is 23.1 Å². The molecule has 0 aliphatic rings. The molecular weight excluding hydrogens is 286 g/mol. The summed E-state index contributed by atoms with van der Waals surface area (Å²) in [4.78, 5) is 14.8. The summed E-state index contributed by atoms with van der Waals surface area (Å²) in [5.74, 6) is 0.608. The van der Waals surface area contributed by atoms with Gasteiger partial charge in [-0.25, -0.2) is 4.98 Å². The minimum absolute atomic E-state index is 0.0282. The summed E-state index contributed by atoms with van der Waals surface area (Å²) in [5, 5.41) is 23.0. The van der Waals surface area contributed by atoms with Crippen LogP contribution in [0.1, 0.15) is 11.9 Å². The van der Waals surface area contributed by atoms with Crippen LogP contribution in [0, 0.1) is 17.0 Å². The van der Waals surface area contributed by atoms with Crippen molar-refractivity contribution in [3.05, 3.63) is 27.3 Å². The van der Waals surface area contributed by atoms with Gasteiger partial charge in [-0.15, -0.1) is 10.2 Å². The van der Waals surface area contributed by atoms with Crippen molar-refractivity contribution in [1.82, 2.24) is 15.2 Å². The fourth-order valence-electron chi connectivity index (χ4n) is 1.33. The van der Waals surface area contributed by atoms with Crippen molar-refractivity contribution in [2.75, 3.05) is 11.9 Å². The van der Waals surface area contributed by atoms with Crippen LogP contribution in [0.3, 0.4) is 0 Å². The van der Waals surface area contributed by atoms with Crippen LogP contribution in [0.4, 0.5) is 11.5 Å². The molecule has 0 spiro atoms. The predicted octanol–water partition coefficient (Wildman–Crippen LogP) is 2.73. The summed E-state index contributed by atoms with van der Waals surface area (Å²) in [5.41, 5.74) is -0.0282. The molecule has 2 heterocycles. The standard InChI is InChI=1S/C10H11N5O2S2/c1-3-11-8-5-4-7(15(16)17)9(12-8)19-10-14-13-6(2)18-10/h4-5H,3H2,1-2H3,(H,11,12). The first-order valence-electron chi connectivity index (χ1n) is 5.47. The molecule has 0 aromatic carbocycles. The number of nitrogens with one attached hydrogen (secondary N) is 1. The van der Waals surface area contributed by atoms with Gasteiger partial charge in [-0.2, -0.15) is 0 Å². The van der Waals surface area contributed by atoms with Crippen LogP contribution in [0.5, 0.6) is 0 Å². The van der Waals surface area contributed by atoms with Crippen LogP contribution in [0.2, 0.25) is 0 Å². The minimum atomic E-state index is -0.445. The number of aromatic nitrogens is 3. The predicted molar refractivity (Wildman–Crippen MR) is 73.8 cm³/mol. The van der Waals surface area contributed by atoms with Crippen LogP contribution in [-0.4, -0.2) is 26.6 Å². The number of hydrogen-bond donors (Lipinski definition) is 1. The molecule has 0 unspecified atom stereocenters. The summed E-state index contributed by atoms with van der Waals surface area (Å²) < 4.78 is 0.641. The molecule has 2 rings (SSSR count). The van der Waals surface area contributed by atoms with E-state index in [9.17, 15) is 10.1 Å². The van der Waals surface area contributed by atoms with E-state index in [4.69, 9.17) is 0 Å². The second-order valence-electron chi connectivity index (χ2n) is 3.50. The Labute approximate surface area is 117 Å². The van der Waals surface area contributed by atoms with E-state index in [1.54, 1.807) is 6.07 Å². The van der Waals surface area contributed by atoms with Crippen LogP contribution in [-0.2, 0) is 0 Å². The van der Waals surface area contributed by atoms with Crippen LogP contribution in [0.25, 0.3) is 0 Å². The van der Waals surface area contributed by atoms with E-state index in [2.05, 4.69) is 20.5 Å². The van der Waals surface area contributed by atoms with Crippen molar-refractivity contribution < 1.29 is 4.92 Å². The smallest absolute Gasteiger partial charge is 0.301 e. The second kappa shape index (κ2) is 5.93. The van der Waals surface area contributed by atoms with Crippen molar-refractivity contribution in [3.63, 3.8) is 0 Å². The molecule has 0 saturated heterocycles. The average molecular weight is 297 g/mol. The zero-order valence-electron chi connectivity index (χ0n) is 10.3.